The number of hydrogen-bond donors (Lipinski definition) is 0. The summed E-state index contributed by atoms with van der Waals surface area (Å²) in [5.74, 6) is 1.07. The summed E-state index contributed by atoms with van der Waals surface area (Å²) in [5, 5.41) is 0.744. The molecule has 18 heavy (non-hydrogen) atoms. The third-order valence-corrected chi connectivity index (χ3v) is 3.20. The Kier molecular flexibility index (Phi) is 4.30. The number of ether oxygens (including phenoxy) is 1. The van der Waals surface area contributed by atoms with E-state index in [0.717, 1.165) is 5.03 Å². The van der Waals surface area contributed by atoms with Gasteiger partial charge in [0.1, 0.15) is 10.8 Å². The molecule has 0 fully saturated rings. The van der Waals surface area contributed by atoms with Crippen molar-refractivity contribution in [3.05, 3.63) is 48.4 Å². The molecule has 1 aromatic carbocycles. The number of benzene rings is 1. The SMILES string of the molecule is COc1cccc(C(=O)CSc2cnccn2)c1. The zero-order valence-corrected chi connectivity index (χ0v) is 10.7. The monoisotopic (exact) mass is 260 g/mol. The fourth-order valence-electron chi connectivity index (χ4n) is 1.38. The van der Waals surface area contributed by atoms with Gasteiger partial charge in [-0.1, -0.05) is 23.9 Å². The third kappa shape index (κ3) is 3.30. The topological polar surface area (TPSA) is 52.1 Å². The molecule has 0 amide bonds. The molecule has 1 aromatic heterocycles. The molecule has 2 rings (SSSR count). The molecule has 0 saturated heterocycles. The predicted molar refractivity (Wildman–Crippen MR) is 70.1 cm³/mol. The number of rotatable bonds is 5. The Morgan fingerprint density at radius 1 is 1.39 bits per heavy atom. The van der Waals surface area contributed by atoms with E-state index < -0.39 is 0 Å². The van der Waals surface area contributed by atoms with Crippen molar-refractivity contribution in [1.82, 2.24) is 9.97 Å². The standard InChI is InChI=1S/C13H12N2O2S/c1-17-11-4-2-3-10(7-11)12(16)9-18-13-8-14-5-6-15-13/h2-8H,9H2,1H3. The zero-order chi connectivity index (χ0) is 12.8. The molecular weight excluding hydrogens is 248 g/mol. The highest BCUT2D eigenvalue weighted by molar-refractivity contribution is 7.99. The van der Waals surface area contributed by atoms with Gasteiger partial charge < -0.3 is 4.74 Å². The third-order valence-electron chi connectivity index (χ3n) is 2.28. The number of aromatic nitrogens is 2. The average Bonchev–Trinajstić information content (AvgIpc) is 2.46. The molecule has 5 heteroatoms. The fraction of sp³-hybridized carbons (Fsp3) is 0.154. The maximum absolute atomic E-state index is 12.0. The number of ketones is 1. The molecule has 0 unspecified atom stereocenters. The maximum atomic E-state index is 12.0. The van der Waals surface area contributed by atoms with Crippen LogP contribution in [0.15, 0.2) is 47.9 Å². The van der Waals surface area contributed by atoms with E-state index in [4.69, 9.17) is 4.74 Å². The molecule has 0 spiro atoms. The second-order valence-corrected chi connectivity index (χ2v) is 4.48. The molecule has 0 aliphatic carbocycles. The van der Waals surface area contributed by atoms with E-state index in [1.165, 1.54) is 11.8 Å². The Morgan fingerprint density at radius 3 is 3.00 bits per heavy atom. The molecule has 0 aliphatic heterocycles. The van der Waals surface area contributed by atoms with Gasteiger partial charge in [-0.25, -0.2) is 4.98 Å². The second-order valence-electron chi connectivity index (χ2n) is 3.49. The van der Waals surface area contributed by atoms with E-state index in [-0.39, 0.29) is 5.78 Å². The quantitative estimate of drug-likeness (QED) is 0.610. The highest BCUT2D eigenvalue weighted by Gasteiger charge is 2.08. The van der Waals surface area contributed by atoms with Crippen LogP contribution >= 0.6 is 11.8 Å². The van der Waals surface area contributed by atoms with Gasteiger partial charge in [0.05, 0.1) is 19.1 Å². The lowest BCUT2D eigenvalue weighted by molar-refractivity contribution is 0.102. The van der Waals surface area contributed by atoms with E-state index in [1.807, 2.05) is 6.07 Å². The molecule has 1 heterocycles. The van der Waals surface area contributed by atoms with Crippen LogP contribution in [0.3, 0.4) is 0 Å². The van der Waals surface area contributed by atoms with Gasteiger partial charge in [-0.2, -0.15) is 0 Å². The maximum Gasteiger partial charge on any atom is 0.173 e. The Bertz CT molecular complexity index is 532. The van der Waals surface area contributed by atoms with Crippen molar-refractivity contribution in [3.8, 4) is 5.75 Å². The van der Waals surface area contributed by atoms with Crippen molar-refractivity contribution >= 4 is 17.5 Å². The van der Waals surface area contributed by atoms with Crippen LogP contribution < -0.4 is 4.74 Å². The summed E-state index contributed by atoms with van der Waals surface area (Å²) in [5.41, 5.74) is 0.644. The van der Waals surface area contributed by atoms with E-state index in [9.17, 15) is 4.79 Å². The van der Waals surface area contributed by atoms with E-state index >= 15 is 0 Å². The van der Waals surface area contributed by atoms with Crippen LogP contribution in [-0.2, 0) is 0 Å². The highest BCUT2D eigenvalue weighted by Crippen LogP contribution is 2.18. The fourth-order valence-corrected chi connectivity index (χ4v) is 2.10. The van der Waals surface area contributed by atoms with Crippen molar-refractivity contribution < 1.29 is 9.53 Å². The van der Waals surface area contributed by atoms with Crippen molar-refractivity contribution in [2.45, 2.75) is 5.03 Å². The Morgan fingerprint density at radius 2 is 2.28 bits per heavy atom. The first kappa shape index (κ1) is 12.6. The van der Waals surface area contributed by atoms with E-state index in [2.05, 4.69) is 9.97 Å². The summed E-state index contributed by atoms with van der Waals surface area (Å²) in [6.45, 7) is 0. The smallest absolute Gasteiger partial charge is 0.173 e. The molecule has 0 bridgehead atoms. The minimum Gasteiger partial charge on any atom is -0.497 e. The van der Waals surface area contributed by atoms with Gasteiger partial charge in [0.15, 0.2) is 5.78 Å². The second kappa shape index (κ2) is 6.16. The molecule has 0 radical (unpaired) electrons. The van der Waals surface area contributed by atoms with Crippen LogP contribution in [-0.4, -0.2) is 28.6 Å². The normalized spacial score (nSPS) is 10.1. The van der Waals surface area contributed by atoms with Gasteiger partial charge in [0, 0.05) is 18.0 Å². The zero-order valence-electron chi connectivity index (χ0n) is 9.87. The minimum atomic E-state index is 0.0459. The average molecular weight is 260 g/mol. The van der Waals surface area contributed by atoms with Crippen LogP contribution in [0.2, 0.25) is 0 Å². The number of Topliss-reactive ketones (excluding diaryl/α,β-unsaturated/α-hetero) is 1. The lowest BCUT2D eigenvalue weighted by Gasteiger charge is -2.03. The highest BCUT2D eigenvalue weighted by atomic mass is 32.2. The summed E-state index contributed by atoms with van der Waals surface area (Å²) < 4.78 is 5.09. The summed E-state index contributed by atoms with van der Waals surface area (Å²) in [7, 11) is 1.58. The van der Waals surface area contributed by atoms with Gasteiger partial charge in [-0.15, -0.1) is 0 Å². The lowest BCUT2D eigenvalue weighted by atomic mass is 10.1. The van der Waals surface area contributed by atoms with Crippen LogP contribution in [0.4, 0.5) is 0 Å². The van der Waals surface area contributed by atoms with Gasteiger partial charge in [0.25, 0.3) is 0 Å². The molecule has 0 aliphatic rings. The number of hydrogen-bond acceptors (Lipinski definition) is 5. The van der Waals surface area contributed by atoms with E-state index in [0.29, 0.717) is 17.1 Å². The molecule has 0 atom stereocenters. The number of methoxy groups -OCH3 is 1. The van der Waals surface area contributed by atoms with Gasteiger partial charge in [-0.3, -0.25) is 9.78 Å². The van der Waals surface area contributed by atoms with Crippen LogP contribution in [0.1, 0.15) is 10.4 Å². The first-order valence-corrected chi connectivity index (χ1v) is 6.34. The van der Waals surface area contributed by atoms with Crippen LogP contribution in [0.5, 0.6) is 5.75 Å². The summed E-state index contributed by atoms with van der Waals surface area (Å²) in [6.07, 6.45) is 4.86. The number of carbonyl (C=O) groups excluding carboxylic acids is 1. The first-order chi connectivity index (χ1) is 8.79. The predicted octanol–water partition coefficient (Wildman–Crippen LogP) is 2.46. The Balaban J connectivity index is 1.99. The first-order valence-electron chi connectivity index (χ1n) is 5.35. The summed E-state index contributed by atoms with van der Waals surface area (Å²) in [4.78, 5) is 20.0. The van der Waals surface area contributed by atoms with Crippen LogP contribution in [0.25, 0.3) is 0 Å². The molecular formula is C13H12N2O2S. The van der Waals surface area contributed by atoms with Crippen LogP contribution in [0, 0.1) is 0 Å². The molecule has 92 valence electrons. The number of carbonyl (C=O) groups is 1. The minimum absolute atomic E-state index is 0.0459. The summed E-state index contributed by atoms with van der Waals surface area (Å²) in [6, 6.07) is 7.13. The largest absolute Gasteiger partial charge is 0.497 e. The molecule has 0 saturated carbocycles. The van der Waals surface area contributed by atoms with E-state index in [1.54, 1.807) is 43.9 Å². The van der Waals surface area contributed by atoms with Crippen molar-refractivity contribution in [3.63, 3.8) is 0 Å². The van der Waals surface area contributed by atoms with Crippen molar-refractivity contribution in [1.29, 1.82) is 0 Å². The number of thioether (sulfide) groups is 1. The van der Waals surface area contributed by atoms with Crippen molar-refractivity contribution in [2.75, 3.05) is 12.9 Å². The molecule has 2 aromatic rings. The van der Waals surface area contributed by atoms with Gasteiger partial charge in [0.2, 0.25) is 0 Å². The Labute approximate surface area is 109 Å². The van der Waals surface area contributed by atoms with Crippen molar-refractivity contribution in [2.24, 2.45) is 0 Å². The molecule has 0 N–H and O–H groups in total. The lowest BCUT2D eigenvalue weighted by Crippen LogP contribution is -2.02. The Hall–Kier alpha value is -1.88. The van der Waals surface area contributed by atoms with Gasteiger partial charge >= 0.3 is 0 Å². The molecule has 4 nitrogen and oxygen atoms in total. The summed E-state index contributed by atoms with van der Waals surface area (Å²) >= 11 is 1.37. The number of nitrogens with zero attached hydrogens (tertiary/aromatic N) is 2. The van der Waals surface area contributed by atoms with Gasteiger partial charge in [-0.05, 0) is 12.1 Å².